The van der Waals surface area contributed by atoms with Gasteiger partial charge in [0.25, 0.3) is 5.89 Å². The molecule has 0 spiro atoms. The van der Waals surface area contributed by atoms with Crippen molar-refractivity contribution in [1.29, 1.82) is 0 Å². The first-order chi connectivity index (χ1) is 18.1. The topological polar surface area (TPSA) is 82.3 Å². The Labute approximate surface area is 222 Å². The maximum atomic E-state index is 14.9. The van der Waals surface area contributed by atoms with E-state index in [2.05, 4.69) is 16.8 Å². The second-order valence-electron chi connectivity index (χ2n) is 9.26. The number of ketones is 2. The molecule has 0 saturated carbocycles. The highest BCUT2D eigenvalue weighted by Crippen LogP contribution is 2.38. The van der Waals surface area contributed by atoms with Gasteiger partial charge < -0.3 is 9.15 Å². The average Bonchev–Trinajstić information content (AvgIpc) is 3.39. The van der Waals surface area contributed by atoms with Crippen LogP contribution in [0.15, 0.2) is 46.9 Å². The predicted molar refractivity (Wildman–Crippen MR) is 135 cm³/mol. The minimum absolute atomic E-state index is 0.0286. The number of halogens is 4. The number of alkyl halides is 2. The van der Waals surface area contributed by atoms with Crippen LogP contribution in [-0.4, -0.2) is 28.4 Å². The minimum Gasteiger partial charge on any atom is -0.415 e. The molecule has 3 aromatic rings. The van der Waals surface area contributed by atoms with Gasteiger partial charge in [-0.3, -0.25) is 9.59 Å². The van der Waals surface area contributed by atoms with Gasteiger partial charge in [0, 0.05) is 28.3 Å². The Kier molecular flexibility index (Phi) is 8.47. The van der Waals surface area contributed by atoms with Gasteiger partial charge >= 0.3 is 6.43 Å². The first-order valence-electron chi connectivity index (χ1n) is 12.2. The van der Waals surface area contributed by atoms with Crippen molar-refractivity contribution in [1.82, 2.24) is 10.2 Å². The summed E-state index contributed by atoms with van der Waals surface area (Å²) < 4.78 is 51.6. The maximum Gasteiger partial charge on any atom is 0.314 e. The third kappa shape index (κ3) is 5.89. The van der Waals surface area contributed by atoms with E-state index < -0.39 is 23.9 Å². The summed E-state index contributed by atoms with van der Waals surface area (Å²) in [6.45, 7) is 7.59. The summed E-state index contributed by atoms with van der Waals surface area (Å²) in [7, 11) is 0. The molecule has 4 rings (SSSR count). The SMILES string of the molecule is C=C(CC1CCOC(c2ccc(Cl)cc2C(C)=O)C1)C(=O)c1cc(-c2nnc(C(F)F)o2)cc(F)c1CC. The van der Waals surface area contributed by atoms with Crippen molar-refractivity contribution in [2.24, 2.45) is 5.92 Å². The van der Waals surface area contributed by atoms with Gasteiger partial charge in [-0.25, -0.2) is 4.39 Å². The summed E-state index contributed by atoms with van der Waals surface area (Å²) >= 11 is 6.08. The third-order valence-electron chi connectivity index (χ3n) is 6.66. The molecule has 1 saturated heterocycles. The number of benzene rings is 2. The Balaban J connectivity index is 1.55. The second kappa shape index (κ2) is 11.6. The molecule has 1 fully saturated rings. The van der Waals surface area contributed by atoms with Crippen molar-refractivity contribution >= 4 is 23.2 Å². The molecule has 2 unspecified atom stereocenters. The zero-order valence-electron chi connectivity index (χ0n) is 20.9. The molecule has 200 valence electrons. The standard InChI is InChI=1S/C28H26ClF3N2O4/c1-4-19-22(11-17(12-23(19)30)27-33-34-28(38-27)26(31)32)25(36)14(2)9-16-7-8-37-24(10-16)20-6-5-18(29)13-21(20)15(3)35/h5-6,11-13,16,24,26H,2,4,7-10H2,1,3H3. The molecule has 1 aliphatic rings. The van der Waals surface area contributed by atoms with Crippen molar-refractivity contribution in [3.63, 3.8) is 0 Å². The van der Waals surface area contributed by atoms with Crippen LogP contribution in [-0.2, 0) is 11.2 Å². The third-order valence-corrected chi connectivity index (χ3v) is 6.89. The van der Waals surface area contributed by atoms with Crippen LogP contribution in [0.3, 0.4) is 0 Å². The van der Waals surface area contributed by atoms with E-state index in [0.29, 0.717) is 36.5 Å². The van der Waals surface area contributed by atoms with Gasteiger partial charge in [0.05, 0.1) is 6.10 Å². The van der Waals surface area contributed by atoms with Crippen molar-refractivity contribution < 1.29 is 31.9 Å². The fourth-order valence-electron chi connectivity index (χ4n) is 4.77. The first kappa shape index (κ1) is 27.7. The van der Waals surface area contributed by atoms with Gasteiger partial charge in [-0.05, 0) is 79.5 Å². The van der Waals surface area contributed by atoms with Crippen molar-refractivity contribution in [2.45, 2.75) is 52.1 Å². The number of carbonyl (C=O) groups is 2. The Hall–Kier alpha value is -3.30. The normalized spacial score (nSPS) is 17.6. The highest BCUT2D eigenvalue weighted by Gasteiger charge is 2.29. The number of nitrogens with zero attached hydrogens (tertiary/aromatic N) is 2. The highest BCUT2D eigenvalue weighted by atomic mass is 35.5. The number of rotatable bonds is 9. The lowest BCUT2D eigenvalue weighted by Gasteiger charge is -2.31. The van der Waals surface area contributed by atoms with Gasteiger partial charge in [0.15, 0.2) is 11.6 Å². The molecule has 6 nitrogen and oxygen atoms in total. The van der Waals surface area contributed by atoms with E-state index in [9.17, 15) is 22.8 Å². The number of ether oxygens (including phenoxy) is 1. The fraction of sp³-hybridized carbons (Fsp3) is 0.357. The van der Waals surface area contributed by atoms with Gasteiger partial charge in [-0.2, -0.15) is 8.78 Å². The largest absolute Gasteiger partial charge is 0.415 e. The van der Waals surface area contributed by atoms with Crippen LogP contribution in [0.4, 0.5) is 13.2 Å². The van der Waals surface area contributed by atoms with Crippen molar-refractivity contribution in [3.05, 3.63) is 81.5 Å². The highest BCUT2D eigenvalue weighted by molar-refractivity contribution is 6.31. The summed E-state index contributed by atoms with van der Waals surface area (Å²) in [5.74, 6) is -2.41. The lowest BCUT2D eigenvalue weighted by molar-refractivity contribution is -0.0105. The molecular weight excluding hydrogens is 521 g/mol. The Bertz CT molecular complexity index is 1390. The van der Waals surface area contributed by atoms with Gasteiger partial charge in [0.2, 0.25) is 5.89 Å². The molecule has 0 bridgehead atoms. The van der Waals surface area contributed by atoms with Crippen LogP contribution >= 0.6 is 11.6 Å². The second-order valence-corrected chi connectivity index (χ2v) is 9.69. The van der Waals surface area contributed by atoms with Crippen LogP contribution in [0.2, 0.25) is 5.02 Å². The molecule has 0 amide bonds. The molecule has 2 atom stereocenters. The van der Waals surface area contributed by atoms with E-state index >= 15 is 0 Å². The Morgan fingerprint density at radius 1 is 1.18 bits per heavy atom. The van der Waals surface area contributed by atoms with E-state index in [1.54, 1.807) is 25.1 Å². The zero-order valence-corrected chi connectivity index (χ0v) is 21.7. The molecule has 1 aliphatic heterocycles. The van der Waals surface area contributed by atoms with Crippen LogP contribution in [0.5, 0.6) is 0 Å². The first-order valence-corrected chi connectivity index (χ1v) is 12.6. The number of hydrogen-bond acceptors (Lipinski definition) is 6. The average molecular weight is 547 g/mol. The lowest BCUT2D eigenvalue weighted by atomic mass is 9.83. The van der Waals surface area contributed by atoms with Crippen LogP contribution < -0.4 is 0 Å². The van der Waals surface area contributed by atoms with Gasteiger partial charge in [0.1, 0.15) is 5.82 Å². The molecular formula is C28H26ClF3N2O4. The summed E-state index contributed by atoms with van der Waals surface area (Å²) in [5.41, 5.74) is 1.81. The molecule has 10 heteroatoms. The number of hydrogen-bond donors (Lipinski definition) is 0. The molecule has 0 radical (unpaired) electrons. The van der Waals surface area contributed by atoms with Gasteiger partial charge in [-0.15, -0.1) is 10.2 Å². The summed E-state index contributed by atoms with van der Waals surface area (Å²) in [6, 6.07) is 7.57. The van der Waals surface area contributed by atoms with E-state index in [1.807, 2.05) is 0 Å². The molecule has 38 heavy (non-hydrogen) atoms. The van der Waals surface area contributed by atoms with E-state index in [-0.39, 0.29) is 52.4 Å². The molecule has 0 N–H and O–H groups in total. The smallest absolute Gasteiger partial charge is 0.314 e. The quantitative estimate of drug-likeness (QED) is 0.204. The Morgan fingerprint density at radius 3 is 2.61 bits per heavy atom. The number of Topliss-reactive ketones (excluding diaryl/α,β-unsaturated/α-hetero) is 2. The monoisotopic (exact) mass is 546 g/mol. The molecule has 2 aromatic carbocycles. The Morgan fingerprint density at radius 2 is 1.95 bits per heavy atom. The zero-order chi connectivity index (χ0) is 27.6. The summed E-state index contributed by atoms with van der Waals surface area (Å²) in [6.07, 6.45) is -1.51. The molecule has 1 aromatic heterocycles. The lowest BCUT2D eigenvalue weighted by Crippen LogP contribution is -2.23. The summed E-state index contributed by atoms with van der Waals surface area (Å²) in [4.78, 5) is 25.6. The summed E-state index contributed by atoms with van der Waals surface area (Å²) in [5, 5.41) is 7.29. The number of allylic oxidation sites excluding steroid dienone is 1. The fourth-order valence-corrected chi connectivity index (χ4v) is 4.95. The van der Waals surface area contributed by atoms with E-state index in [4.69, 9.17) is 20.8 Å². The van der Waals surface area contributed by atoms with E-state index in [1.165, 1.54) is 13.0 Å². The van der Waals surface area contributed by atoms with E-state index in [0.717, 1.165) is 11.6 Å². The van der Waals surface area contributed by atoms with Crippen LogP contribution in [0, 0.1) is 11.7 Å². The maximum absolute atomic E-state index is 14.9. The molecule has 2 heterocycles. The van der Waals surface area contributed by atoms with Crippen LogP contribution in [0.25, 0.3) is 11.5 Å². The predicted octanol–water partition coefficient (Wildman–Crippen LogP) is 7.53. The van der Waals surface area contributed by atoms with Crippen LogP contribution in [0.1, 0.15) is 83.4 Å². The number of aromatic nitrogens is 2. The van der Waals surface area contributed by atoms with Crippen molar-refractivity contribution in [3.8, 4) is 11.5 Å². The van der Waals surface area contributed by atoms with Gasteiger partial charge in [-0.1, -0.05) is 31.2 Å². The number of carbonyl (C=O) groups excluding carboxylic acids is 2. The van der Waals surface area contributed by atoms with Crippen molar-refractivity contribution in [2.75, 3.05) is 6.61 Å². The molecule has 0 aliphatic carbocycles. The minimum atomic E-state index is -2.97.